The van der Waals surface area contributed by atoms with E-state index in [1.807, 2.05) is 0 Å². The van der Waals surface area contributed by atoms with Gasteiger partial charge in [-0.05, 0) is 18.9 Å². The van der Waals surface area contributed by atoms with Crippen molar-refractivity contribution in [1.82, 2.24) is 5.32 Å². The fraction of sp³-hybridized carbons (Fsp3) is 0.500. The first-order valence-corrected chi connectivity index (χ1v) is 7.77. The summed E-state index contributed by atoms with van der Waals surface area (Å²) in [6, 6.07) is 1.28. The topological polar surface area (TPSA) is 46.2 Å². The molecule has 0 spiro atoms. The number of hydrogen-bond donors (Lipinski definition) is 1. The molecule has 0 saturated carbocycles. The zero-order valence-electron chi connectivity index (χ0n) is 10.1. The zero-order valence-corrected chi connectivity index (χ0v) is 10.9. The molecule has 0 aliphatic carbocycles. The van der Waals surface area contributed by atoms with Gasteiger partial charge in [-0.15, -0.1) is 0 Å². The predicted molar refractivity (Wildman–Crippen MR) is 64.8 cm³/mol. The first-order valence-electron chi connectivity index (χ1n) is 5.94. The van der Waals surface area contributed by atoms with Crippen molar-refractivity contribution in [2.75, 3.05) is 11.5 Å². The lowest BCUT2D eigenvalue weighted by Crippen LogP contribution is -2.37. The highest BCUT2D eigenvalue weighted by Crippen LogP contribution is 2.16. The molecule has 0 radical (unpaired) electrons. The molecule has 1 aliphatic rings. The molecule has 19 heavy (non-hydrogen) atoms. The molecule has 1 aromatic carbocycles. The van der Waals surface area contributed by atoms with Gasteiger partial charge in [0.1, 0.15) is 15.7 Å². The molecule has 0 amide bonds. The van der Waals surface area contributed by atoms with Crippen LogP contribution in [-0.2, 0) is 16.4 Å². The van der Waals surface area contributed by atoms with Crippen LogP contribution in [0.15, 0.2) is 12.1 Å². The van der Waals surface area contributed by atoms with E-state index in [-0.39, 0.29) is 29.7 Å². The number of benzene rings is 1. The molecule has 1 saturated heterocycles. The third-order valence-electron chi connectivity index (χ3n) is 3.23. The van der Waals surface area contributed by atoms with Crippen molar-refractivity contribution in [2.45, 2.75) is 25.4 Å². The molecule has 0 aromatic heterocycles. The van der Waals surface area contributed by atoms with Gasteiger partial charge in [-0.2, -0.15) is 0 Å². The van der Waals surface area contributed by atoms with E-state index in [2.05, 4.69) is 5.32 Å². The highest BCUT2D eigenvalue weighted by molar-refractivity contribution is 7.91. The summed E-state index contributed by atoms with van der Waals surface area (Å²) in [6.07, 6.45) is 0.904. The van der Waals surface area contributed by atoms with Crippen LogP contribution in [0.3, 0.4) is 0 Å². The second-order valence-electron chi connectivity index (χ2n) is 4.66. The maximum Gasteiger partial charge on any atom is 0.161 e. The zero-order chi connectivity index (χ0) is 14.0. The van der Waals surface area contributed by atoms with Gasteiger partial charge in [0.05, 0.1) is 11.5 Å². The molecule has 106 valence electrons. The highest BCUT2D eigenvalue weighted by atomic mass is 32.2. The first kappa shape index (κ1) is 14.3. The fourth-order valence-electron chi connectivity index (χ4n) is 2.05. The van der Waals surface area contributed by atoms with E-state index in [9.17, 15) is 21.6 Å². The molecule has 1 aromatic rings. The Morgan fingerprint density at radius 1 is 1.05 bits per heavy atom. The van der Waals surface area contributed by atoms with Crippen LogP contribution in [0.2, 0.25) is 0 Å². The standard InChI is InChI=1S/C12H14F3NO2S/c13-10-6-12(15)11(14)5-8(10)7-16-9-1-3-19(17,18)4-2-9/h5-6,9,16H,1-4,7H2. The monoisotopic (exact) mass is 293 g/mol. The Bertz CT molecular complexity index is 561. The van der Waals surface area contributed by atoms with Crippen LogP contribution in [0.1, 0.15) is 18.4 Å². The van der Waals surface area contributed by atoms with E-state index >= 15 is 0 Å². The van der Waals surface area contributed by atoms with Gasteiger partial charge in [0, 0.05) is 24.2 Å². The van der Waals surface area contributed by atoms with Gasteiger partial charge in [0.2, 0.25) is 0 Å². The summed E-state index contributed by atoms with van der Waals surface area (Å²) < 4.78 is 61.5. The molecule has 0 unspecified atom stereocenters. The van der Waals surface area contributed by atoms with Gasteiger partial charge in [-0.1, -0.05) is 0 Å². The maximum atomic E-state index is 13.4. The van der Waals surface area contributed by atoms with Crippen molar-refractivity contribution >= 4 is 9.84 Å². The summed E-state index contributed by atoms with van der Waals surface area (Å²) >= 11 is 0. The van der Waals surface area contributed by atoms with Gasteiger partial charge in [-0.25, -0.2) is 21.6 Å². The van der Waals surface area contributed by atoms with Crippen molar-refractivity contribution in [2.24, 2.45) is 0 Å². The van der Waals surface area contributed by atoms with Crippen LogP contribution in [-0.4, -0.2) is 26.0 Å². The summed E-state index contributed by atoms with van der Waals surface area (Å²) in [4.78, 5) is 0. The van der Waals surface area contributed by atoms with Crippen LogP contribution in [0.5, 0.6) is 0 Å². The third kappa shape index (κ3) is 3.70. The van der Waals surface area contributed by atoms with Crippen molar-refractivity contribution in [3.05, 3.63) is 35.1 Å². The Hall–Kier alpha value is -1.08. The van der Waals surface area contributed by atoms with E-state index in [0.29, 0.717) is 18.9 Å². The lowest BCUT2D eigenvalue weighted by Gasteiger charge is -2.23. The Morgan fingerprint density at radius 2 is 1.63 bits per heavy atom. The predicted octanol–water partition coefficient (Wildman–Crippen LogP) is 1.77. The lowest BCUT2D eigenvalue weighted by atomic mass is 10.1. The van der Waals surface area contributed by atoms with Crippen LogP contribution in [0.25, 0.3) is 0 Å². The van der Waals surface area contributed by atoms with Crippen LogP contribution >= 0.6 is 0 Å². The van der Waals surface area contributed by atoms with E-state index in [0.717, 1.165) is 6.07 Å². The van der Waals surface area contributed by atoms with Gasteiger partial charge >= 0.3 is 0 Å². The normalized spacial score (nSPS) is 19.5. The lowest BCUT2D eigenvalue weighted by molar-refractivity contribution is 0.449. The van der Waals surface area contributed by atoms with E-state index in [4.69, 9.17) is 0 Å². The average Bonchev–Trinajstić information content (AvgIpc) is 2.33. The summed E-state index contributed by atoms with van der Waals surface area (Å²) in [5.41, 5.74) is 0.0346. The summed E-state index contributed by atoms with van der Waals surface area (Å²) in [7, 11) is -2.94. The van der Waals surface area contributed by atoms with Crippen molar-refractivity contribution in [1.29, 1.82) is 0 Å². The largest absolute Gasteiger partial charge is 0.310 e. The van der Waals surface area contributed by atoms with Crippen molar-refractivity contribution < 1.29 is 21.6 Å². The molecular weight excluding hydrogens is 279 g/mol. The Labute approximate surface area is 109 Å². The quantitative estimate of drug-likeness (QED) is 0.864. The number of halogens is 3. The number of sulfone groups is 1. The minimum absolute atomic E-state index is 0.0346. The Balaban J connectivity index is 1.95. The fourth-order valence-corrected chi connectivity index (χ4v) is 3.54. The molecule has 1 aliphatic heterocycles. The molecular formula is C12H14F3NO2S. The third-order valence-corrected chi connectivity index (χ3v) is 4.94. The average molecular weight is 293 g/mol. The summed E-state index contributed by atoms with van der Waals surface area (Å²) in [5, 5.41) is 2.97. The second kappa shape index (κ2) is 5.50. The second-order valence-corrected chi connectivity index (χ2v) is 6.97. The maximum absolute atomic E-state index is 13.4. The van der Waals surface area contributed by atoms with Crippen molar-refractivity contribution in [3.8, 4) is 0 Å². The van der Waals surface area contributed by atoms with Crippen LogP contribution < -0.4 is 5.32 Å². The number of rotatable bonds is 3. The molecule has 1 fully saturated rings. The SMILES string of the molecule is O=S1(=O)CCC(NCc2cc(F)c(F)cc2F)CC1. The van der Waals surface area contributed by atoms with Gasteiger partial charge in [0.15, 0.2) is 11.6 Å². The van der Waals surface area contributed by atoms with Gasteiger partial charge in [0.25, 0.3) is 0 Å². The van der Waals surface area contributed by atoms with Crippen LogP contribution in [0, 0.1) is 17.5 Å². The van der Waals surface area contributed by atoms with Gasteiger partial charge in [-0.3, -0.25) is 0 Å². The van der Waals surface area contributed by atoms with Gasteiger partial charge < -0.3 is 5.32 Å². The van der Waals surface area contributed by atoms with E-state index in [1.165, 1.54) is 0 Å². The smallest absolute Gasteiger partial charge is 0.161 e. The first-order chi connectivity index (χ1) is 8.87. The molecule has 3 nitrogen and oxygen atoms in total. The molecule has 0 atom stereocenters. The molecule has 1 N–H and O–H groups in total. The van der Waals surface area contributed by atoms with E-state index in [1.54, 1.807) is 0 Å². The summed E-state index contributed by atoms with van der Waals surface area (Å²) in [6.45, 7) is 0.0494. The van der Waals surface area contributed by atoms with E-state index < -0.39 is 27.3 Å². The number of hydrogen-bond acceptors (Lipinski definition) is 3. The van der Waals surface area contributed by atoms with Crippen molar-refractivity contribution in [3.63, 3.8) is 0 Å². The minimum Gasteiger partial charge on any atom is -0.310 e. The summed E-state index contributed by atoms with van der Waals surface area (Å²) in [5.74, 6) is -2.92. The molecule has 7 heteroatoms. The number of nitrogens with one attached hydrogen (secondary N) is 1. The Morgan fingerprint density at radius 3 is 2.26 bits per heavy atom. The van der Waals surface area contributed by atoms with Crippen LogP contribution in [0.4, 0.5) is 13.2 Å². The molecule has 2 rings (SSSR count). The minimum atomic E-state index is -2.94. The molecule has 0 bridgehead atoms. The Kier molecular flexibility index (Phi) is 4.15. The molecule has 1 heterocycles. The highest BCUT2D eigenvalue weighted by Gasteiger charge is 2.23.